The molecule has 0 heterocycles. The minimum atomic E-state index is 0.0799. The second-order valence-electron chi connectivity index (χ2n) is 6.43. The molecule has 1 saturated carbocycles. The molecule has 2 atom stereocenters. The van der Waals surface area contributed by atoms with Gasteiger partial charge in [-0.2, -0.15) is 0 Å². The van der Waals surface area contributed by atoms with Crippen molar-refractivity contribution in [2.45, 2.75) is 65.8 Å². The Morgan fingerprint density at radius 1 is 1.21 bits per heavy atom. The van der Waals surface area contributed by atoms with Crippen LogP contribution in [0.4, 0.5) is 0 Å². The molecular weight excluding hydrogens is 170 g/mol. The van der Waals surface area contributed by atoms with Gasteiger partial charge >= 0.3 is 0 Å². The van der Waals surface area contributed by atoms with Crippen molar-refractivity contribution in [2.75, 3.05) is 0 Å². The van der Waals surface area contributed by atoms with Crippen LogP contribution in [0.2, 0.25) is 0 Å². The average molecular weight is 197 g/mol. The van der Waals surface area contributed by atoms with Gasteiger partial charge in [-0.15, -0.1) is 0 Å². The van der Waals surface area contributed by atoms with Gasteiger partial charge in [-0.25, -0.2) is 0 Å². The molecule has 1 fully saturated rings. The molecule has 0 aromatic carbocycles. The van der Waals surface area contributed by atoms with Gasteiger partial charge in [0, 0.05) is 5.54 Å². The second kappa shape index (κ2) is 3.84. The lowest BCUT2D eigenvalue weighted by atomic mass is 9.59. The largest absolute Gasteiger partial charge is 0.325 e. The zero-order valence-corrected chi connectivity index (χ0v) is 10.6. The molecule has 0 bridgehead atoms. The number of hydrogen-bond acceptors (Lipinski definition) is 1. The third kappa shape index (κ3) is 2.13. The standard InChI is InChI=1S/C13H27N/c1-10(2)13(14)9-7-6-8-11(13)12(3,4)5/h10-11H,6-9,14H2,1-5H3. The predicted octanol–water partition coefficient (Wildman–Crippen LogP) is 3.58. The van der Waals surface area contributed by atoms with Crippen molar-refractivity contribution in [1.82, 2.24) is 0 Å². The first kappa shape index (κ1) is 12.0. The van der Waals surface area contributed by atoms with Crippen molar-refractivity contribution in [3.8, 4) is 0 Å². The van der Waals surface area contributed by atoms with Crippen LogP contribution in [0.1, 0.15) is 60.3 Å². The van der Waals surface area contributed by atoms with E-state index in [1.807, 2.05) is 0 Å². The van der Waals surface area contributed by atoms with Crippen LogP contribution in [0, 0.1) is 17.3 Å². The Bertz CT molecular complexity index is 190. The SMILES string of the molecule is CC(C)C1(N)CCCCC1C(C)(C)C. The van der Waals surface area contributed by atoms with Crippen LogP contribution in [0.5, 0.6) is 0 Å². The van der Waals surface area contributed by atoms with E-state index in [9.17, 15) is 0 Å². The van der Waals surface area contributed by atoms with Crippen LogP contribution in [0.25, 0.3) is 0 Å². The second-order valence-corrected chi connectivity index (χ2v) is 6.43. The lowest BCUT2D eigenvalue weighted by Gasteiger charge is -2.50. The summed E-state index contributed by atoms with van der Waals surface area (Å²) in [5, 5.41) is 0. The molecule has 0 amide bonds. The van der Waals surface area contributed by atoms with Gasteiger partial charge in [0.05, 0.1) is 0 Å². The molecule has 1 aliphatic carbocycles. The Hall–Kier alpha value is -0.0400. The normalized spacial score (nSPS) is 34.9. The highest BCUT2D eigenvalue weighted by molar-refractivity contribution is 5.00. The Kier molecular flexibility index (Phi) is 3.30. The van der Waals surface area contributed by atoms with Gasteiger partial charge in [0.25, 0.3) is 0 Å². The number of nitrogens with two attached hydrogens (primary N) is 1. The predicted molar refractivity (Wildman–Crippen MR) is 63.2 cm³/mol. The van der Waals surface area contributed by atoms with Gasteiger partial charge in [-0.1, -0.05) is 47.5 Å². The summed E-state index contributed by atoms with van der Waals surface area (Å²) in [5.41, 5.74) is 7.07. The van der Waals surface area contributed by atoms with Gasteiger partial charge in [-0.05, 0) is 30.1 Å². The number of hydrogen-bond donors (Lipinski definition) is 1. The molecule has 0 aromatic rings. The summed E-state index contributed by atoms with van der Waals surface area (Å²) in [6.07, 6.45) is 5.22. The highest BCUT2D eigenvalue weighted by Gasteiger charge is 2.44. The Balaban J connectivity index is 2.89. The van der Waals surface area contributed by atoms with Crippen molar-refractivity contribution >= 4 is 0 Å². The van der Waals surface area contributed by atoms with Crippen molar-refractivity contribution in [3.63, 3.8) is 0 Å². The zero-order valence-electron chi connectivity index (χ0n) is 10.6. The summed E-state index contributed by atoms with van der Waals surface area (Å²) in [4.78, 5) is 0. The minimum Gasteiger partial charge on any atom is -0.325 e. The lowest BCUT2D eigenvalue weighted by molar-refractivity contribution is 0.0469. The molecular formula is C13H27N. The molecule has 0 spiro atoms. The van der Waals surface area contributed by atoms with Crippen LogP contribution in [0.3, 0.4) is 0 Å². The maximum Gasteiger partial charge on any atom is 0.0211 e. The van der Waals surface area contributed by atoms with E-state index in [-0.39, 0.29) is 5.54 Å². The van der Waals surface area contributed by atoms with Crippen LogP contribution >= 0.6 is 0 Å². The fraction of sp³-hybridized carbons (Fsp3) is 1.00. The van der Waals surface area contributed by atoms with E-state index in [1.165, 1.54) is 25.7 Å². The van der Waals surface area contributed by atoms with Gasteiger partial charge in [0.15, 0.2) is 0 Å². The van der Waals surface area contributed by atoms with Gasteiger partial charge in [-0.3, -0.25) is 0 Å². The molecule has 1 aliphatic rings. The third-order valence-corrected chi connectivity index (χ3v) is 4.12. The van der Waals surface area contributed by atoms with E-state index in [4.69, 9.17) is 5.73 Å². The molecule has 1 nitrogen and oxygen atoms in total. The Morgan fingerprint density at radius 3 is 2.14 bits per heavy atom. The fourth-order valence-corrected chi connectivity index (χ4v) is 3.15. The summed E-state index contributed by atoms with van der Waals surface area (Å²) in [7, 11) is 0. The monoisotopic (exact) mass is 197 g/mol. The molecule has 2 N–H and O–H groups in total. The summed E-state index contributed by atoms with van der Waals surface area (Å²) >= 11 is 0. The van der Waals surface area contributed by atoms with Crippen molar-refractivity contribution in [3.05, 3.63) is 0 Å². The molecule has 1 heteroatoms. The average Bonchev–Trinajstić information content (AvgIpc) is 2.02. The summed E-state index contributed by atoms with van der Waals surface area (Å²) in [6, 6.07) is 0. The molecule has 0 radical (unpaired) electrons. The first-order valence-corrected chi connectivity index (χ1v) is 6.07. The molecule has 0 saturated heterocycles. The number of rotatable bonds is 1. The van der Waals surface area contributed by atoms with Crippen LogP contribution < -0.4 is 5.73 Å². The molecule has 84 valence electrons. The fourth-order valence-electron chi connectivity index (χ4n) is 3.15. The third-order valence-electron chi connectivity index (χ3n) is 4.12. The zero-order chi connectivity index (χ0) is 11.0. The molecule has 14 heavy (non-hydrogen) atoms. The van der Waals surface area contributed by atoms with Crippen molar-refractivity contribution in [1.29, 1.82) is 0 Å². The van der Waals surface area contributed by atoms with E-state index >= 15 is 0 Å². The Morgan fingerprint density at radius 2 is 1.79 bits per heavy atom. The van der Waals surface area contributed by atoms with Gasteiger partial charge < -0.3 is 5.73 Å². The minimum absolute atomic E-state index is 0.0799. The van der Waals surface area contributed by atoms with E-state index < -0.39 is 0 Å². The van der Waals surface area contributed by atoms with E-state index in [0.29, 0.717) is 17.3 Å². The highest BCUT2D eigenvalue weighted by Crippen LogP contribution is 2.46. The molecule has 2 unspecified atom stereocenters. The topological polar surface area (TPSA) is 26.0 Å². The Labute approximate surface area is 89.5 Å². The quantitative estimate of drug-likeness (QED) is 0.683. The summed E-state index contributed by atoms with van der Waals surface area (Å²) in [6.45, 7) is 11.6. The molecule has 0 aromatic heterocycles. The summed E-state index contributed by atoms with van der Waals surface area (Å²) < 4.78 is 0. The van der Waals surface area contributed by atoms with E-state index in [1.54, 1.807) is 0 Å². The van der Waals surface area contributed by atoms with Crippen molar-refractivity contribution in [2.24, 2.45) is 23.0 Å². The highest BCUT2D eigenvalue weighted by atomic mass is 14.8. The van der Waals surface area contributed by atoms with Crippen LogP contribution in [0.15, 0.2) is 0 Å². The molecule has 1 rings (SSSR count). The van der Waals surface area contributed by atoms with Crippen LogP contribution in [-0.4, -0.2) is 5.54 Å². The maximum absolute atomic E-state index is 6.63. The molecule has 0 aliphatic heterocycles. The smallest absolute Gasteiger partial charge is 0.0211 e. The lowest BCUT2D eigenvalue weighted by Crippen LogP contribution is -2.57. The van der Waals surface area contributed by atoms with Crippen molar-refractivity contribution < 1.29 is 0 Å². The van der Waals surface area contributed by atoms with Gasteiger partial charge in [0.2, 0.25) is 0 Å². The van der Waals surface area contributed by atoms with Gasteiger partial charge in [0.1, 0.15) is 0 Å². The van der Waals surface area contributed by atoms with Crippen LogP contribution in [-0.2, 0) is 0 Å². The first-order valence-electron chi connectivity index (χ1n) is 6.07. The first-order chi connectivity index (χ1) is 6.28. The maximum atomic E-state index is 6.63. The summed E-state index contributed by atoms with van der Waals surface area (Å²) in [5.74, 6) is 1.29. The van der Waals surface area contributed by atoms with E-state index in [0.717, 1.165) is 0 Å². The van der Waals surface area contributed by atoms with E-state index in [2.05, 4.69) is 34.6 Å².